The molecule has 0 unspecified atom stereocenters. The molecular formula is C13H15BrN2O2. The van der Waals surface area contributed by atoms with Crippen LogP contribution in [-0.4, -0.2) is 25.2 Å². The average Bonchev–Trinajstić information content (AvgIpc) is 2.83. The second kappa shape index (κ2) is 6.68. The van der Waals surface area contributed by atoms with Crippen LogP contribution in [0.2, 0.25) is 0 Å². The molecule has 18 heavy (non-hydrogen) atoms. The van der Waals surface area contributed by atoms with Crippen molar-refractivity contribution in [2.75, 3.05) is 20.3 Å². The zero-order valence-corrected chi connectivity index (χ0v) is 11.7. The molecule has 0 saturated heterocycles. The minimum absolute atomic E-state index is 0.668. The minimum Gasteiger partial charge on any atom is -0.443 e. The smallest absolute Gasteiger partial charge is 0.181 e. The highest BCUT2D eigenvalue weighted by Crippen LogP contribution is 2.25. The molecule has 0 aliphatic rings. The number of nitrogens with one attached hydrogen (secondary N) is 1. The number of oxazole rings is 1. The molecule has 1 aromatic heterocycles. The van der Waals surface area contributed by atoms with Gasteiger partial charge in [-0.2, -0.15) is 0 Å². The number of methoxy groups -OCH3 is 1. The predicted octanol–water partition coefficient (Wildman–Crippen LogP) is 2.84. The number of ether oxygens (including phenoxy) is 1. The van der Waals surface area contributed by atoms with E-state index in [-0.39, 0.29) is 0 Å². The van der Waals surface area contributed by atoms with Crippen molar-refractivity contribution in [2.45, 2.75) is 6.54 Å². The molecule has 5 heteroatoms. The first-order valence-electron chi connectivity index (χ1n) is 5.69. The molecule has 0 amide bonds. The maximum atomic E-state index is 5.46. The summed E-state index contributed by atoms with van der Waals surface area (Å²) < 4.78 is 11.5. The Morgan fingerprint density at radius 3 is 3.11 bits per heavy atom. The number of aromatic nitrogens is 1. The quantitative estimate of drug-likeness (QED) is 0.833. The zero-order chi connectivity index (χ0) is 12.8. The first kappa shape index (κ1) is 13.3. The number of benzene rings is 1. The maximum absolute atomic E-state index is 5.46. The van der Waals surface area contributed by atoms with E-state index in [0.29, 0.717) is 13.2 Å². The molecule has 2 rings (SSSR count). The molecular weight excluding hydrogens is 296 g/mol. The van der Waals surface area contributed by atoms with E-state index in [9.17, 15) is 0 Å². The van der Waals surface area contributed by atoms with Crippen LogP contribution in [-0.2, 0) is 11.3 Å². The number of hydrogen-bond donors (Lipinski definition) is 1. The summed E-state index contributed by atoms with van der Waals surface area (Å²) in [6, 6.07) is 7.98. The van der Waals surface area contributed by atoms with Crippen LogP contribution in [0.5, 0.6) is 0 Å². The average molecular weight is 311 g/mol. The van der Waals surface area contributed by atoms with Crippen molar-refractivity contribution in [2.24, 2.45) is 0 Å². The van der Waals surface area contributed by atoms with Gasteiger partial charge in [0.2, 0.25) is 0 Å². The summed E-state index contributed by atoms with van der Waals surface area (Å²) in [5.41, 5.74) is 1.93. The van der Waals surface area contributed by atoms with Gasteiger partial charge in [0.1, 0.15) is 5.69 Å². The van der Waals surface area contributed by atoms with Gasteiger partial charge in [0.25, 0.3) is 0 Å². The summed E-state index contributed by atoms with van der Waals surface area (Å²) in [6.45, 7) is 2.15. The maximum Gasteiger partial charge on any atom is 0.181 e. The second-order valence-electron chi connectivity index (χ2n) is 3.81. The molecule has 0 atom stereocenters. The fourth-order valence-electron chi connectivity index (χ4n) is 1.64. The van der Waals surface area contributed by atoms with Crippen molar-refractivity contribution < 1.29 is 9.15 Å². The van der Waals surface area contributed by atoms with Gasteiger partial charge in [0, 0.05) is 30.2 Å². The van der Waals surface area contributed by atoms with Gasteiger partial charge in [0.05, 0.1) is 6.61 Å². The molecule has 2 aromatic rings. The fraction of sp³-hybridized carbons (Fsp3) is 0.308. The first-order valence-corrected chi connectivity index (χ1v) is 6.48. The third kappa shape index (κ3) is 3.41. The van der Waals surface area contributed by atoms with Gasteiger partial charge < -0.3 is 14.5 Å². The molecule has 0 fully saturated rings. The summed E-state index contributed by atoms with van der Waals surface area (Å²) >= 11 is 3.45. The Morgan fingerprint density at radius 2 is 2.33 bits per heavy atom. The Morgan fingerprint density at radius 1 is 1.44 bits per heavy atom. The van der Waals surface area contributed by atoms with E-state index in [0.717, 1.165) is 28.0 Å². The third-order valence-electron chi connectivity index (χ3n) is 2.50. The lowest BCUT2D eigenvalue weighted by atomic mass is 10.1. The van der Waals surface area contributed by atoms with Crippen LogP contribution in [0.25, 0.3) is 11.3 Å². The Labute approximate surface area is 114 Å². The highest BCUT2D eigenvalue weighted by molar-refractivity contribution is 9.10. The molecule has 96 valence electrons. The minimum atomic E-state index is 0.668. The lowest BCUT2D eigenvalue weighted by molar-refractivity contribution is 0.199. The molecule has 0 radical (unpaired) electrons. The molecule has 1 heterocycles. The lowest BCUT2D eigenvalue weighted by Crippen LogP contribution is -2.19. The van der Waals surface area contributed by atoms with E-state index in [1.807, 2.05) is 24.3 Å². The van der Waals surface area contributed by atoms with Gasteiger partial charge in [-0.25, -0.2) is 4.98 Å². The van der Waals surface area contributed by atoms with Crippen LogP contribution in [0.15, 0.2) is 39.5 Å². The van der Waals surface area contributed by atoms with Gasteiger partial charge in [0.15, 0.2) is 12.2 Å². The first-order chi connectivity index (χ1) is 8.81. The van der Waals surface area contributed by atoms with Crippen molar-refractivity contribution in [1.29, 1.82) is 0 Å². The summed E-state index contributed by atoms with van der Waals surface area (Å²) in [5.74, 6) is 0.807. The van der Waals surface area contributed by atoms with E-state index in [1.165, 1.54) is 6.39 Å². The Kier molecular flexibility index (Phi) is 4.92. The number of nitrogens with zero attached hydrogens (tertiary/aromatic N) is 1. The molecule has 0 aliphatic carbocycles. The second-order valence-corrected chi connectivity index (χ2v) is 4.72. The summed E-state index contributed by atoms with van der Waals surface area (Å²) in [7, 11) is 1.69. The molecule has 0 aliphatic heterocycles. The highest BCUT2D eigenvalue weighted by atomic mass is 79.9. The third-order valence-corrected chi connectivity index (χ3v) is 3.00. The Hall–Kier alpha value is -1.17. The van der Waals surface area contributed by atoms with Gasteiger partial charge in [-0.3, -0.25) is 0 Å². The molecule has 0 saturated carbocycles. The normalized spacial score (nSPS) is 10.8. The van der Waals surface area contributed by atoms with Gasteiger partial charge in [-0.05, 0) is 12.1 Å². The molecule has 0 spiro atoms. The van der Waals surface area contributed by atoms with Crippen molar-refractivity contribution in [3.05, 3.63) is 40.8 Å². The van der Waals surface area contributed by atoms with Crippen LogP contribution in [0.1, 0.15) is 5.69 Å². The summed E-state index contributed by atoms with van der Waals surface area (Å²) in [6.07, 6.45) is 1.48. The largest absolute Gasteiger partial charge is 0.443 e. The molecule has 1 aromatic carbocycles. The van der Waals surface area contributed by atoms with E-state index in [2.05, 4.69) is 26.2 Å². The van der Waals surface area contributed by atoms with E-state index in [4.69, 9.17) is 9.15 Å². The van der Waals surface area contributed by atoms with E-state index in [1.54, 1.807) is 7.11 Å². The predicted molar refractivity (Wildman–Crippen MR) is 73.2 cm³/mol. The van der Waals surface area contributed by atoms with E-state index >= 15 is 0 Å². The molecule has 0 bridgehead atoms. The van der Waals surface area contributed by atoms with Crippen molar-refractivity contribution >= 4 is 15.9 Å². The molecule has 4 nitrogen and oxygen atoms in total. The zero-order valence-electron chi connectivity index (χ0n) is 10.1. The van der Waals surface area contributed by atoms with Crippen molar-refractivity contribution in [1.82, 2.24) is 10.3 Å². The van der Waals surface area contributed by atoms with Gasteiger partial charge in [-0.1, -0.05) is 28.1 Å². The molecule has 1 N–H and O–H groups in total. The highest BCUT2D eigenvalue weighted by Gasteiger charge is 2.10. The summed E-state index contributed by atoms with van der Waals surface area (Å²) in [4.78, 5) is 4.23. The van der Waals surface area contributed by atoms with Crippen molar-refractivity contribution in [3.63, 3.8) is 0 Å². The van der Waals surface area contributed by atoms with Crippen LogP contribution in [0, 0.1) is 0 Å². The fourth-order valence-corrected chi connectivity index (χ4v) is 2.04. The Bertz CT molecular complexity index is 499. The van der Waals surface area contributed by atoms with Crippen LogP contribution < -0.4 is 5.32 Å². The van der Waals surface area contributed by atoms with Gasteiger partial charge >= 0.3 is 0 Å². The van der Waals surface area contributed by atoms with Crippen molar-refractivity contribution in [3.8, 4) is 11.3 Å². The van der Waals surface area contributed by atoms with Gasteiger partial charge in [-0.15, -0.1) is 0 Å². The van der Waals surface area contributed by atoms with Crippen LogP contribution >= 0.6 is 15.9 Å². The van der Waals surface area contributed by atoms with E-state index < -0.39 is 0 Å². The topological polar surface area (TPSA) is 47.3 Å². The lowest BCUT2D eigenvalue weighted by Gasteiger charge is -2.04. The van der Waals surface area contributed by atoms with Crippen LogP contribution in [0.3, 0.4) is 0 Å². The monoisotopic (exact) mass is 310 g/mol. The SMILES string of the molecule is COCCNCc1ncoc1-c1cccc(Br)c1. The Balaban J connectivity index is 2.08. The number of rotatable bonds is 6. The standard InChI is InChI=1S/C13H15BrN2O2/c1-17-6-5-15-8-12-13(18-9-16-12)10-3-2-4-11(14)7-10/h2-4,7,9,15H,5-6,8H2,1H3. The van der Waals surface area contributed by atoms with Crippen LogP contribution in [0.4, 0.5) is 0 Å². The number of hydrogen-bond acceptors (Lipinski definition) is 4. The summed E-state index contributed by atoms with van der Waals surface area (Å²) in [5, 5.41) is 3.25. The number of halogens is 1.